The molecular weight excluding hydrogens is 164 g/mol. The number of hydrogen-bond acceptors (Lipinski definition) is 1. The SMILES string of the molecule is CC(C)=CCC(C)(C(=O)O)C1CC1. The van der Waals surface area contributed by atoms with E-state index < -0.39 is 11.4 Å². The maximum atomic E-state index is 11.1. The van der Waals surface area contributed by atoms with Crippen molar-refractivity contribution in [2.45, 2.75) is 40.0 Å². The van der Waals surface area contributed by atoms with E-state index in [1.165, 1.54) is 5.57 Å². The molecule has 2 nitrogen and oxygen atoms in total. The van der Waals surface area contributed by atoms with Gasteiger partial charge in [0, 0.05) is 0 Å². The predicted molar refractivity (Wildman–Crippen MR) is 52.5 cm³/mol. The highest BCUT2D eigenvalue weighted by Crippen LogP contribution is 2.48. The molecule has 0 aromatic carbocycles. The molecule has 0 aromatic rings. The van der Waals surface area contributed by atoms with E-state index in [2.05, 4.69) is 0 Å². The minimum atomic E-state index is -0.646. The molecule has 13 heavy (non-hydrogen) atoms. The van der Waals surface area contributed by atoms with Crippen molar-refractivity contribution in [2.75, 3.05) is 0 Å². The Morgan fingerprint density at radius 3 is 2.38 bits per heavy atom. The molecule has 0 spiro atoms. The van der Waals surface area contributed by atoms with Crippen molar-refractivity contribution in [2.24, 2.45) is 11.3 Å². The van der Waals surface area contributed by atoms with Crippen LogP contribution >= 0.6 is 0 Å². The standard InChI is InChI=1S/C11H18O2/c1-8(2)6-7-11(3,10(12)13)9-4-5-9/h6,9H,4-5,7H2,1-3H3,(H,12,13). The molecule has 1 unspecified atom stereocenters. The largest absolute Gasteiger partial charge is 0.481 e. The quantitative estimate of drug-likeness (QED) is 0.679. The lowest BCUT2D eigenvalue weighted by Crippen LogP contribution is -2.29. The maximum Gasteiger partial charge on any atom is 0.309 e. The lowest BCUT2D eigenvalue weighted by Gasteiger charge is -2.22. The van der Waals surface area contributed by atoms with Crippen molar-refractivity contribution in [3.8, 4) is 0 Å². The van der Waals surface area contributed by atoms with E-state index in [1.807, 2.05) is 26.8 Å². The molecule has 1 fully saturated rings. The van der Waals surface area contributed by atoms with Crippen molar-refractivity contribution in [1.82, 2.24) is 0 Å². The first kappa shape index (κ1) is 10.3. The molecule has 0 radical (unpaired) electrons. The van der Waals surface area contributed by atoms with Crippen molar-refractivity contribution >= 4 is 5.97 Å². The van der Waals surface area contributed by atoms with Gasteiger partial charge in [0.15, 0.2) is 0 Å². The molecule has 0 aromatic heterocycles. The van der Waals surface area contributed by atoms with E-state index in [0.29, 0.717) is 12.3 Å². The first-order chi connectivity index (χ1) is 5.97. The van der Waals surface area contributed by atoms with Gasteiger partial charge in [-0.05, 0) is 46.0 Å². The summed E-state index contributed by atoms with van der Waals surface area (Å²) >= 11 is 0. The minimum Gasteiger partial charge on any atom is -0.481 e. The highest BCUT2D eigenvalue weighted by atomic mass is 16.4. The molecule has 0 heterocycles. The Bertz CT molecular complexity index is 234. The summed E-state index contributed by atoms with van der Waals surface area (Å²) in [5.74, 6) is -0.243. The molecule has 1 rings (SSSR count). The topological polar surface area (TPSA) is 37.3 Å². The van der Waals surface area contributed by atoms with Crippen molar-refractivity contribution in [1.29, 1.82) is 0 Å². The first-order valence-electron chi connectivity index (χ1n) is 4.83. The molecule has 1 saturated carbocycles. The van der Waals surface area contributed by atoms with Gasteiger partial charge in [-0.25, -0.2) is 0 Å². The van der Waals surface area contributed by atoms with Crippen LogP contribution in [-0.4, -0.2) is 11.1 Å². The molecule has 2 heteroatoms. The van der Waals surface area contributed by atoms with Gasteiger partial charge in [-0.2, -0.15) is 0 Å². The Morgan fingerprint density at radius 1 is 1.54 bits per heavy atom. The molecule has 0 saturated heterocycles. The fourth-order valence-electron chi connectivity index (χ4n) is 1.57. The fourth-order valence-corrected chi connectivity index (χ4v) is 1.57. The zero-order valence-electron chi connectivity index (χ0n) is 8.63. The summed E-state index contributed by atoms with van der Waals surface area (Å²) in [5, 5.41) is 9.13. The van der Waals surface area contributed by atoms with Crippen LogP contribution in [0, 0.1) is 11.3 Å². The Morgan fingerprint density at radius 2 is 2.08 bits per heavy atom. The number of allylic oxidation sites excluding steroid dienone is 2. The summed E-state index contributed by atoms with van der Waals surface area (Å²) in [5.41, 5.74) is 0.685. The van der Waals surface area contributed by atoms with Crippen molar-refractivity contribution in [3.05, 3.63) is 11.6 Å². The van der Waals surface area contributed by atoms with Crippen LogP contribution in [-0.2, 0) is 4.79 Å². The third-order valence-electron chi connectivity index (χ3n) is 2.90. The van der Waals surface area contributed by atoms with Gasteiger partial charge in [0.2, 0.25) is 0 Å². The number of carbonyl (C=O) groups is 1. The Labute approximate surface area is 79.6 Å². The van der Waals surface area contributed by atoms with Gasteiger partial charge in [-0.15, -0.1) is 0 Å². The smallest absolute Gasteiger partial charge is 0.309 e. The van der Waals surface area contributed by atoms with Gasteiger partial charge in [0.1, 0.15) is 0 Å². The Balaban J connectivity index is 2.67. The van der Waals surface area contributed by atoms with Gasteiger partial charge in [0.25, 0.3) is 0 Å². The van der Waals surface area contributed by atoms with E-state index in [4.69, 9.17) is 5.11 Å². The van der Waals surface area contributed by atoms with Gasteiger partial charge < -0.3 is 5.11 Å². The summed E-state index contributed by atoms with van der Waals surface area (Å²) in [6.45, 7) is 5.89. The van der Waals surface area contributed by atoms with Crippen molar-refractivity contribution in [3.63, 3.8) is 0 Å². The average molecular weight is 182 g/mol. The van der Waals surface area contributed by atoms with Crippen LogP contribution in [0.1, 0.15) is 40.0 Å². The third kappa shape index (κ3) is 2.33. The third-order valence-corrected chi connectivity index (χ3v) is 2.90. The summed E-state index contributed by atoms with van der Waals surface area (Å²) in [7, 11) is 0. The number of rotatable bonds is 4. The normalized spacial score (nSPS) is 20.5. The highest BCUT2D eigenvalue weighted by molar-refractivity contribution is 5.75. The monoisotopic (exact) mass is 182 g/mol. The van der Waals surface area contributed by atoms with E-state index >= 15 is 0 Å². The second kappa shape index (κ2) is 3.52. The maximum absolute atomic E-state index is 11.1. The zero-order chi connectivity index (χ0) is 10.1. The summed E-state index contributed by atoms with van der Waals surface area (Å²) in [6.07, 6.45) is 4.88. The van der Waals surface area contributed by atoms with Crippen LogP contribution in [0.3, 0.4) is 0 Å². The summed E-state index contributed by atoms with van der Waals surface area (Å²) in [4.78, 5) is 11.1. The van der Waals surface area contributed by atoms with E-state index in [1.54, 1.807) is 0 Å². The lowest BCUT2D eigenvalue weighted by atomic mass is 9.81. The molecule has 1 atom stereocenters. The Kier molecular flexibility index (Phi) is 2.79. The van der Waals surface area contributed by atoms with Crippen LogP contribution in [0.25, 0.3) is 0 Å². The molecule has 1 N–H and O–H groups in total. The van der Waals surface area contributed by atoms with Crippen LogP contribution in [0.5, 0.6) is 0 Å². The molecule has 1 aliphatic rings. The zero-order valence-corrected chi connectivity index (χ0v) is 8.63. The van der Waals surface area contributed by atoms with Gasteiger partial charge in [-0.1, -0.05) is 11.6 Å². The number of carboxylic acids is 1. The van der Waals surface area contributed by atoms with Gasteiger partial charge in [-0.3, -0.25) is 4.79 Å². The predicted octanol–water partition coefficient (Wildman–Crippen LogP) is 2.84. The van der Waals surface area contributed by atoms with Crippen LogP contribution in [0.4, 0.5) is 0 Å². The first-order valence-corrected chi connectivity index (χ1v) is 4.83. The lowest BCUT2D eigenvalue weighted by molar-refractivity contribution is -0.149. The second-order valence-electron chi connectivity index (χ2n) is 4.48. The summed E-state index contributed by atoms with van der Waals surface area (Å²) in [6, 6.07) is 0. The van der Waals surface area contributed by atoms with Crippen LogP contribution in [0.15, 0.2) is 11.6 Å². The average Bonchev–Trinajstić information content (AvgIpc) is 2.81. The number of hydrogen-bond donors (Lipinski definition) is 1. The van der Waals surface area contributed by atoms with Gasteiger partial charge >= 0.3 is 5.97 Å². The Hall–Kier alpha value is -0.790. The van der Waals surface area contributed by atoms with Crippen LogP contribution < -0.4 is 0 Å². The second-order valence-corrected chi connectivity index (χ2v) is 4.48. The molecule has 0 aliphatic heterocycles. The summed E-state index contributed by atoms with van der Waals surface area (Å²) < 4.78 is 0. The fraction of sp³-hybridized carbons (Fsp3) is 0.727. The van der Waals surface area contributed by atoms with Gasteiger partial charge in [0.05, 0.1) is 5.41 Å². The van der Waals surface area contributed by atoms with Crippen molar-refractivity contribution < 1.29 is 9.90 Å². The molecule has 1 aliphatic carbocycles. The van der Waals surface area contributed by atoms with E-state index in [0.717, 1.165) is 12.8 Å². The number of carboxylic acid groups (broad SMARTS) is 1. The minimum absolute atomic E-state index is 0.403. The molecular formula is C11H18O2. The molecule has 0 bridgehead atoms. The molecule has 74 valence electrons. The van der Waals surface area contributed by atoms with Crippen LogP contribution in [0.2, 0.25) is 0 Å². The van der Waals surface area contributed by atoms with E-state index in [-0.39, 0.29) is 0 Å². The highest BCUT2D eigenvalue weighted by Gasteiger charge is 2.46. The number of aliphatic carboxylic acids is 1. The van der Waals surface area contributed by atoms with E-state index in [9.17, 15) is 4.79 Å². The molecule has 0 amide bonds.